The Labute approximate surface area is 123 Å². The number of carboxylic acid groups (broad SMARTS) is 1. The molecule has 2 rings (SSSR count). The van der Waals surface area contributed by atoms with Crippen molar-refractivity contribution in [1.29, 1.82) is 0 Å². The van der Waals surface area contributed by atoms with Crippen molar-refractivity contribution in [3.05, 3.63) is 35.9 Å². The molecule has 112 valence electrons. The molecule has 6 heteroatoms. The van der Waals surface area contributed by atoms with E-state index in [9.17, 15) is 14.4 Å². The minimum Gasteiger partial charge on any atom is -0.480 e. The number of carbonyl (C=O) groups excluding carboxylic acids is 2. The smallest absolute Gasteiger partial charge is 0.323 e. The summed E-state index contributed by atoms with van der Waals surface area (Å²) in [4.78, 5) is 37.5. The summed E-state index contributed by atoms with van der Waals surface area (Å²) in [5.74, 6) is -1.87. The maximum Gasteiger partial charge on any atom is 0.323 e. The summed E-state index contributed by atoms with van der Waals surface area (Å²) in [7, 11) is 1.45. The summed E-state index contributed by atoms with van der Waals surface area (Å²) in [6.07, 6.45) is 0.148. The molecule has 21 heavy (non-hydrogen) atoms. The van der Waals surface area contributed by atoms with Crippen LogP contribution in [0.4, 0.5) is 0 Å². The van der Waals surface area contributed by atoms with Gasteiger partial charge in [-0.25, -0.2) is 0 Å². The third-order valence-electron chi connectivity index (χ3n) is 3.53. The predicted octanol–water partition coefficient (Wildman–Crippen LogP) is 0.578. The monoisotopic (exact) mass is 290 g/mol. The van der Waals surface area contributed by atoms with E-state index < -0.39 is 11.9 Å². The fourth-order valence-corrected chi connectivity index (χ4v) is 2.49. The first-order valence-corrected chi connectivity index (χ1v) is 6.76. The number of rotatable bonds is 5. The number of hydrogen-bond acceptors (Lipinski definition) is 3. The van der Waals surface area contributed by atoms with Gasteiger partial charge in [-0.1, -0.05) is 30.3 Å². The van der Waals surface area contributed by atoms with Gasteiger partial charge in [0, 0.05) is 26.6 Å². The number of likely N-dealkylation sites (N-methyl/N-ethyl adjacent to an activating group) is 1. The molecular formula is C15H18N2O4. The maximum absolute atomic E-state index is 12.1. The fraction of sp³-hybridized carbons (Fsp3) is 0.400. The SMILES string of the molecule is CN(CC(=O)O)C(=O)C1CC(=O)N(Cc2ccccc2)C1. The van der Waals surface area contributed by atoms with E-state index in [-0.39, 0.29) is 24.8 Å². The molecule has 0 saturated carbocycles. The fourth-order valence-electron chi connectivity index (χ4n) is 2.49. The molecule has 1 fully saturated rings. The lowest BCUT2D eigenvalue weighted by Crippen LogP contribution is -2.37. The Bertz CT molecular complexity index is 544. The average Bonchev–Trinajstić information content (AvgIpc) is 2.79. The average molecular weight is 290 g/mol. The molecule has 1 heterocycles. The summed E-state index contributed by atoms with van der Waals surface area (Å²) in [6.45, 7) is 0.477. The number of carboxylic acids is 1. The first kappa shape index (κ1) is 15.0. The number of likely N-dealkylation sites (tertiary alicyclic amines) is 1. The van der Waals surface area contributed by atoms with Crippen LogP contribution in [0.3, 0.4) is 0 Å². The molecule has 1 N–H and O–H groups in total. The molecule has 0 aromatic heterocycles. The van der Waals surface area contributed by atoms with Gasteiger partial charge >= 0.3 is 5.97 Å². The van der Waals surface area contributed by atoms with E-state index in [2.05, 4.69) is 0 Å². The first-order valence-electron chi connectivity index (χ1n) is 6.76. The molecule has 0 spiro atoms. The van der Waals surface area contributed by atoms with Crippen LogP contribution in [0.25, 0.3) is 0 Å². The topological polar surface area (TPSA) is 77.9 Å². The highest BCUT2D eigenvalue weighted by Gasteiger charge is 2.35. The van der Waals surface area contributed by atoms with Gasteiger partial charge in [-0.05, 0) is 5.56 Å². The second kappa shape index (κ2) is 6.39. The van der Waals surface area contributed by atoms with Gasteiger partial charge in [0.25, 0.3) is 0 Å². The standard InChI is InChI=1S/C15H18N2O4/c1-16(10-14(19)20)15(21)12-7-13(18)17(9-12)8-11-5-3-2-4-6-11/h2-6,12H,7-10H2,1H3,(H,19,20). The largest absolute Gasteiger partial charge is 0.480 e. The normalized spacial score (nSPS) is 17.9. The van der Waals surface area contributed by atoms with E-state index >= 15 is 0 Å². The van der Waals surface area contributed by atoms with Crippen LogP contribution < -0.4 is 0 Å². The number of aliphatic carboxylic acids is 1. The summed E-state index contributed by atoms with van der Waals surface area (Å²) in [5, 5.41) is 8.70. The first-order chi connectivity index (χ1) is 9.97. The van der Waals surface area contributed by atoms with Crippen molar-refractivity contribution in [1.82, 2.24) is 9.80 Å². The third kappa shape index (κ3) is 3.81. The van der Waals surface area contributed by atoms with Gasteiger partial charge in [0.15, 0.2) is 0 Å². The van der Waals surface area contributed by atoms with Gasteiger partial charge in [-0.3, -0.25) is 14.4 Å². The van der Waals surface area contributed by atoms with Crippen LogP contribution in [0.1, 0.15) is 12.0 Å². The van der Waals surface area contributed by atoms with E-state index in [4.69, 9.17) is 5.11 Å². The van der Waals surface area contributed by atoms with Crippen molar-refractivity contribution in [3.63, 3.8) is 0 Å². The van der Waals surface area contributed by atoms with Crippen LogP contribution in [0, 0.1) is 5.92 Å². The third-order valence-corrected chi connectivity index (χ3v) is 3.53. The summed E-state index contributed by atoms with van der Waals surface area (Å²) >= 11 is 0. The Kier molecular flexibility index (Phi) is 4.57. The van der Waals surface area contributed by atoms with Crippen LogP contribution in [-0.4, -0.2) is 52.8 Å². The molecule has 2 amide bonds. The lowest BCUT2D eigenvalue weighted by molar-refractivity contribution is -0.145. The van der Waals surface area contributed by atoms with E-state index in [1.54, 1.807) is 4.90 Å². The Morgan fingerprint density at radius 1 is 1.33 bits per heavy atom. The second-order valence-electron chi connectivity index (χ2n) is 5.25. The quantitative estimate of drug-likeness (QED) is 0.860. The zero-order valence-corrected chi connectivity index (χ0v) is 11.9. The highest BCUT2D eigenvalue weighted by molar-refractivity contribution is 5.90. The minimum atomic E-state index is -1.06. The minimum absolute atomic E-state index is 0.0686. The number of benzene rings is 1. The van der Waals surface area contributed by atoms with E-state index in [0.717, 1.165) is 10.5 Å². The van der Waals surface area contributed by atoms with E-state index in [1.165, 1.54) is 7.05 Å². The van der Waals surface area contributed by atoms with Crippen LogP contribution in [0.15, 0.2) is 30.3 Å². The van der Waals surface area contributed by atoms with Crippen LogP contribution in [-0.2, 0) is 20.9 Å². The molecule has 0 aliphatic carbocycles. The number of amides is 2. The molecule has 1 aromatic carbocycles. The Balaban J connectivity index is 1.96. The van der Waals surface area contributed by atoms with E-state index in [1.807, 2.05) is 30.3 Å². The Morgan fingerprint density at radius 2 is 2.00 bits per heavy atom. The van der Waals surface area contributed by atoms with Gasteiger partial charge in [-0.15, -0.1) is 0 Å². The summed E-state index contributed by atoms with van der Waals surface area (Å²) < 4.78 is 0. The number of carbonyl (C=O) groups is 3. The van der Waals surface area contributed by atoms with Crippen LogP contribution in [0.2, 0.25) is 0 Å². The Morgan fingerprint density at radius 3 is 2.62 bits per heavy atom. The Hall–Kier alpha value is -2.37. The lowest BCUT2D eigenvalue weighted by atomic mass is 10.1. The molecule has 0 bridgehead atoms. The van der Waals surface area contributed by atoms with Crippen LogP contribution >= 0.6 is 0 Å². The molecule has 1 unspecified atom stereocenters. The van der Waals surface area contributed by atoms with Crippen molar-refractivity contribution < 1.29 is 19.5 Å². The number of nitrogens with zero attached hydrogens (tertiary/aromatic N) is 2. The highest BCUT2D eigenvalue weighted by atomic mass is 16.4. The molecule has 0 radical (unpaired) electrons. The van der Waals surface area contributed by atoms with Gasteiger partial charge in [-0.2, -0.15) is 0 Å². The van der Waals surface area contributed by atoms with Gasteiger partial charge in [0.1, 0.15) is 6.54 Å². The van der Waals surface area contributed by atoms with Crippen LogP contribution in [0.5, 0.6) is 0 Å². The van der Waals surface area contributed by atoms with Crippen molar-refractivity contribution in [2.75, 3.05) is 20.1 Å². The van der Waals surface area contributed by atoms with Gasteiger partial charge in [0.2, 0.25) is 11.8 Å². The predicted molar refractivity (Wildman–Crippen MR) is 75.2 cm³/mol. The molecule has 6 nitrogen and oxygen atoms in total. The van der Waals surface area contributed by atoms with Gasteiger partial charge in [0.05, 0.1) is 5.92 Å². The summed E-state index contributed by atoms with van der Waals surface area (Å²) in [5.41, 5.74) is 1.01. The van der Waals surface area contributed by atoms with Crippen molar-refractivity contribution in [3.8, 4) is 0 Å². The van der Waals surface area contributed by atoms with Crippen molar-refractivity contribution in [2.24, 2.45) is 5.92 Å². The molecule has 1 aliphatic rings. The maximum atomic E-state index is 12.1. The molecule has 1 aromatic rings. The molecule has 1 atom stereocenters. The van der Waals surface area contributed by atoms with Gasteiger partial charge < -0.3 is 14.9 Å². The molecule has 1 aliphatic heterocycles. The lowest BCUT2D eigenvalue weighted by Gasteiger charge is -2.20. The second-order valence-corrected chi connectivity index (χ2v) is 5.25. The van der Waals surface area contributed by atoms with E-state index in [0.29, 0.717) is 13.1 Å². The molecular weight excluding hydrogens is 272 g/mol. The number of hydrogen-bond donors (Lipinski definition) is 1. The van der Waals surface area contributed by atoms with Crippen molar-refractivity contribution >= 4 is 17.8 Å². The van der Waals surface area contributed by atoms with Crippen molar-refractivity contribution in [2.45, 2.75) is 13.0 Å². The highest BCUT2D eigenvalue weighted by Crippen LogP contribution is 2.21. The zero-order valence-electron chi connectivity index (χ0n) is 11.9. The molecule has 1 saturated heterocycles. The summed E-state index contributed by atoms with van der Waals surface area (Å²) in [6, 6.07) is 9.57. The zero-order chi connectivity index (χ0) is 15.4.